The highest BCUT2D eigenvalue weighted by Gasteiger charge is 2.22. The zero-order valence-corrected chi connectivity index (χ0v) is 12.2. The Labute approximate surface area is 112 Å². The molecule has 0 bridgehead atoms. The smallest absolute Gasteiger partial charge is 0.150 e. The van der Waals surface area contributed by atoms with E-state index >= 15 is 0 Å². The Bertz CT molecular complexity index is 383. The molecule has 1 atom stereocenters. The van der Waals surface area contributed by atoms with Gasteiger partial charge in [-0.3, -0.25) is 5.32 Å². The Balaban J connectivity index is 2.35. The molecular formula is C12H19N3S2. The molecule has 17 heavy (non-hydrogen) atoms. The van der Waals surface area contributed by atoms with Crippen molar-refractivity contribution in [3.8, 4) is 6.07 Å². The van der Waals surface area contributed by atoms with Crippen molar-refractivity contribution in [2.75, 3.05) is 12.3 Å². The van der Waals surface area contributed by atoms with E-state index in [4.69, 9.17) is 0 Å². The van der Waals surface area contributed by atoms with Crippen molar-refractivity contribution in [2.45, 2.75) is 43.5 Å². The minimum absolute atomic E-state index is 0.407. The summed E-state index contributed by atoms with van der Waals surface area (Å²) in [5.41, 5.74) is 0.666. The first kappa shape index (κ1) is 14.5. The Morgan fingerprint density at radius 2 is 2.41 bits per heavy atom. The van der Waals surface area contributed by atoms with E-state index in [1.165, 1.54) is 0 Å². The summed E-state index contributed by atoms with van der Waals surface area (Å²) in [5, 5.41) is 14.5. The highest BCUT2D eigenvalue weighted by Crippen LogP contribution is 2.24. The molecule has 1 aromatic heterocycles. The van der Waals surface area contributed by atoms with Crippen LogP contribution in [-0.4, -0.2) is 22.8 Å². The lowest BCUT2D eigenvalue weighted by atomic mass is 10.0. The minimum atomic E-state index is -0.407. The third-order valence-electron chi connectivity index (χ3n) is 2.44. The fraction of sp³-hybridized carbons (Fsp3) is 0.667. The predicted octanol–water partition coefficient (Wildman–Crippen LogP) is 3.22. The molecule has 0 radical (unpaired) electrons. The molecule has 0 aliphatic carbocycles. The Hall–Kier alpha value is -0.570. The van der Waals surface area contributed by atoms with Crippen LogP contribution >= 0.6 is 23.1 Å². The standard InChI is InChI=1S/C12H19N3S2/c1-4-6-14-12(3,9-13)5-7-16-11-15-10(2)8-17-11/h8,14H,4-7H2,1-3H3. The van der Waals surface area contributed by atoms with E-state index in [1.54, 1.807) is 23.1 Å². The van der Waals surface area contributed by atoms with Crippen molar-refractivity contribution in [3.63, 3.8) is 0 Å². The molecule has 1 aromatic rings. The second-order valence-corrected chi connectivity index (χ2v) is 6.42. The number of nitriles is 1. The molecule has 0 saturated carbocycles. The lowest BCUT2D eigenvalue weighted by Crippen LogP contribution is -2.41. The van der Waals surface area contributed by atoms with Crippen molar-refractivity contribution in [3.05, 3.63) is 11.1 Å². The van der Waals surface area contributed by atoms with Gasteiger partial charge < -0.3 is 0 Å². The van der Waals surface area contributed by atoms with Crippen LogP contribution < -0.4 is 5.32 Å². The summed E-state index contributed by atoms with van der Waals surface area (Å²) in [6.07, 6.45) is 1.89. The van der Waals surface area contributed by atoms with E-state index in [9.17, 15) is 5.26 Å². The number of aryl methyl sites for hydroxylation is 1. The number of thiazole rings is 1. The van der Waals surface area contributed by atoms with Gasteiger partial charge in [0, 0.05) is 16.8 Å². The largest absolute Gasteiger partial charge is 0.300 e. The number of hydrogen-bond acceptors (Lipinski definition) is 5. The van der Waals surface area contributed by atoms with E-state index in [-0.39, 0.29) is 0 Å². The van der Waals surface area contributed by atoms with Crippen LogP contribution in [0, 0.1) is 18.3 Å². The Morgan fingerprint density at radius 3 is 2.94 bits per heavy atom. The molecule has 3 nitrogen and oxygen atoms in total. The van der Waals surface area contributed by atoms with Gasteiger partial charge in [-0.2, -0.15) is 5.26 Å². The van der Waals surface area contributed by atoms with Gasteiger partial charge in [-0.25, -0.2) is 4.98 Å². The number of nitrogens with one attached hydrogen (secondary N) is 1. The first-order valence-corrected chi connectivity index (χ1v) is 7.67. The van der Waals surface area contributed by atoms with E-state index in [0.717, 1.165) is 35.2 Å². The summed E-state index contributed by atoms with van der Waals surface area (Å²) >= 11 is 3.41. The van der Waals surface area contributed by atoms with Crippen LogP contribution in [0.15, 0.2) is 9.72 Å². The maximum Gasteiger partial charge on any atom is 0.150 e. The van der Waals surface area contributed by atoms with Crippen LogP contribution in [-0.2, 0) is 0 Å². The normalized spacial score (nSPS) is 14.2. The van der Waals surface area contributed by atoms with Gasteiger partial charge in [-0.15, -0.1) is 11.3 Å². The van der Waals surface area contributed by atoms with Crippen LogP contribution in [0.5, 0.6) is 0 Å². The van der Waals surface area contributed by atoms with Crippen LogP contribution in [0.2, 0.25) is 0 Å². The third-order valence-corrected chi connectivity index (χ3v) is 4.58. The second-order valence-electron chi connectivity index (χ2n) is 4.22. The number of thioether (sulfide) groups is 1. The summed E-state index contributed by atoms with van der Waals surface area (Å²) < 4.78 is 1.10. The fourth-order valence-corrected chi connectivity index (χ4v) is 3.41. The zero-order valence-electron chi connectivity index (χ0n) is 10.6. The molecule has 0 aromatic carbocycles. The molecule has 1 N–H and O–H groups in total. The zero-order chi connectivity index (χ0) is 12.7. The monoisotopic (exact) mass is 269 g/mol. The van der Waals surface area contributed by atoms with Crippen molar-refractivity contribution >= 4 is 23.1 Å². The molecule has 0 aliphatic heterocycles. The topological polar surface area (TPSA) is 48.7 Å². The molecule has 0 amide bonds. The lowest BCUT2D eigenvalue weighted by Gasteiger charge is -2.22. The highest BCUT2D eigenvalue weighted by atomic mass is 32.2. The average Bonchev–Trinajstić information content (AvgIpc) is 2.72. The van der Waals surface area contributed by atoms with Gasteiger partial charge in [0.25, 0.3) is 0 Å². The van der Waals surface area contributed by atoms with Crippen LogP contribution in [0.4, 0.5) is 0 Å². The quantitative estimate of drug-likeness (QED) is 0.772. The van der Waals surface area contributed by atoms with Gasteiger partial charge in [-0.1, -0.05) is 18.7 Å². The lowest BCUT2D eigenvalue weighted by molar-refractivity contribution is 0.437. The van der Waals surface area contributed by atoms with Gasteiger partial charge in [0.1, 0.15) is 9.88 Å². The summed E-state index contributed by atoms with van der Waals surface area (Å²) in [5.74, 6) is 0.924. The first-order chi connectivity index (χ1) is 8.09. The van der Waals surface area contributed by atoms with Crippen molar-refractivity contribution in [1.29, 1.82) is 5.26 Å². The number of nitrogens with zero attached hydrogens (tertiary/aromatic N) is 2. The molecule has 1 unspecified atom stereocenters. The highest BCUT2D eigenvalue weighted by molar-refractivity contribution is 8.01. The maximum atomic E-state index is 9.18. The van der Waals surface area contributed by atoms with Gasteiger partial charge in [0.05, 0.1) is 6.07 Å². The second kappa shape index (κ2) is 7.00. The maximum absolute atomic E-state index is 9.18. The summed E-state index contributed by atoms with van der Waals surface area (Å²) in [7, 11) is 0. The molecular weight excluding hydrogens is 250 g/mol. The third kappa shape index (κ3) is 5.07. The van der Waals surface area contributed by atoms with Gasteiger partial charge in [0.15, 0.2) is 0 Å². The van der Waals surface area contributed by atoms with Gasteiger partial charge >= 0.3 is 0 Å². The van der Waals surface area contributed by atoms with Crippen LogP contribution in [0.1, 0.15) is 32.4 Å². The number of aromatic nitrogens is 1. The number of hydrogen-bond donors (Lipinski definition) is 1. The molecule has 5 heteroatoms. The SMILES string of the molecule is CCCNC(C)(C#N)CCSc1nc(C)cs1. The molecule has 1 rings (SSSR count). The predicted molar refractivity (Wildman–Crippen MR) is 74.5 cm³/mol. The molecule has 94 valence electrons. The minimum Gasteiger partial charge on any atom is -0.300 e. The van der Waals surface area contributed by atoms with Gasteiger partial charge in [-0.05, 0) is 33.2 Å². The molecule has 0 aliphatic rings. The molecule has 0 saturated heterocycles. The summed E-state index contributed by atoms with van der Waals surface area (Å²) in [6.45, 7) is 6.97. The van der Waals surface area contributed by atoms with Crippen LogP contribution in [0.3, 0.4) is 0 Å². The summed E-state index contributed by atoms with van der Waals surface area (Å²) in [6, 6.07) is 2.36. The van der Waals surface area contributed by atoms with E-state index < -0.39 is 5.54 Å². The number of rotatable bonds is 7. The average molecular weight is 269 g/mol. The first-order valence-electron chi connectivity index (χ1n) is 5.81. The fourth-order valence-electron chi connectivity index (χ4n) is 1.33. The van der Waals surface area contributed by atoms with Crippen molar-refractivity contribution in [2.24, 2.45) is 0 Å². The van der Waals surface area contributed by atoms with E-state index in [1.807, 2.05) is 13.8 Å². The van der Waals surface area contributed by atoms with Crippen molar-refractivity contribution < 1.29 is 0 Å². The van der Waals surface area contributed by atoms with Crippen molar-refractivity contribution in [1.82, 2.24) is 10.3 Å². The summed E-state index contributed by atoms with van der Waals surface area (Å²) in [4.78, 5) is 4.40. The Morgan fingerprint density at radius 1 is 1.65 bits per heavy atom. The Kier molecular flexibility index (Phi) is 5.96. The van der Waals surface area contributed by atoms with Gasteiger partial charge in [0.2, 0.25) is 0 Å². The molecule has 0 spiro atoms. The van der Waals surface area contributed by atoms with Crippen LogP contribution in [0.25, 0.3) is 0 Å². The van der Waals surface area contributed by atoms with E-state index in [0.29, 0.717) is 0 Å². The molecule has 1 heterocycles. The molecule has 0 fully saturated rings. The van der Waals surface area contributed by atoms with E-state index in [2.05, 4.69) is 28.7 Å².